The Morgan fingerprint density at radius 1 is 1.37 bits per heavy atom. The van der Waals surface area contributed by atoms with Crippen LogP contribution in [0.5, 0.6) is 0 Å². The summed E-state index contributed by atoms with van der Waals surface area (Å²) < 4.78 is 0. The van der Waals surface area contributed by atoms with Crippen molar-refractivity contribution in [1.29, 1.82) is 0 Å². The van der Waals surface area contributed by atoms with Crippen molar-refractivity contribution in [3.63, 3.8) is 0 Å². The average Bonchev–Trinajstić information content (AvgIpc) is 2.85. The smallest absolute Gasteiger partial charge is 0.242 e. The Morgan fingerprint density at radius 3 is 2.68 bits per heavy atom. The lowest BCUT2D eigenvalue weighted by molar-refractivity contribution is -0.122. The quantitative estimate of drug-likeness (QED) is 0.839. The van der Waals surface area contributed by atoms with Crippen LogP contribution in [-0.4, -0.2) is 23.0 Å². The van der Waals surface area contributed by atoms with Gasteiger partial charge in [0.15, 0.2) is 5.15 Å². The minimum absolute atomic E-state index is 0.0158. The molecule has 0 bridgehead atoms. The molecule has 1 amide bonds. The summed E-state index contributed by atoms with van der Waals surface area (Å²) in [7, 11) is 0. The molecule has 2 N–H and O–H groups in total. The number of hydrogen-bond acceptors (Lipinski definition) is 3. The van der Waals surface area contributed by atoms with E-state index in [9.17, 15) is 4.79 Å². The van der Waals surface area contributed by atoms with Gasteiger partial charge in [0.25, 0.3) is 0 Å². The molecule has 0 saturated heterocycles. The normalized spacial score (nSPS) is 17.2. The van der Waals surface area contributed by atoms with Gasteiger partial charge in [-0.15, -0.1) is 0 Å². The van der Waals surface area contributed by atoms with Gasteiger partial charge in [0.1, 0.15) is 11.2 Å². The van der Waals surface area contributed by atoms with Crippen molar-refractivity contribution in [2.75, 3.05) is 5.32 Å². The third-order valence-corrected chi connectivity index (χ3v) is 3.78. The highest BCUT2D eigenvalue weighted by atomic mass is 35.5. The van der Waals surface area contributed by atoms with Crippen molar-refractivity contribution < 1.29 is 4.79 Å². The molecule has 2 rings (SSSR count). The molecule has 1 saturated carbocycles. The summed E-state index contributed by atoms with van der Waals surface area (Å²) in [5.74, 6) is -0.0158. The van der Waals surface area contributed by atoms with E-state index >= 15 is 0 Å². The lowest BCUT2D eigenvalue weighted by atomic mass is 10.2. The van der Waals surface area contributed by atoms with E-state index in [4.69, 9.17) is 23.2 Å². The highest BCUT2D eigenvalue weighted by Crippen LogP contribution is 2.22. The Kier molecular flexibility index (Phi) is 4.88. The predicted octanol–water partition coefficient (Wildman–Crippen LogP) is 3.25. The second-order valence-electron chi connectivity index (χ2n) is 4.83. The summed E-state index contributed by atoms with van der Waals surface area (Å²) in [4.78, 5) is 15.9. The predicted molar refractivity (Wildman–Crippen MR) is 77.7 cm³/mol. The molecule has 0 aliphatic heterocycles. The van der Waals surface area contributed by atoms with Gasteiger partial charge in [-0.3, -0.25) is 4.79 Å². The Bertz CT molecular complexity index is 461. The molecule has 4 nitrogen and oxygen atoms in total. The molecule has 1 heterocycles. The first kappa shape index (κ1) is 14.4. The lowest BCUT2D eigenvalue weighted by Gasteiger charge is -2.19. The summed E-state index contributed by atoms with van der Waals surface area (Å²) in [6.07, 6.45) is 4.53. The highest BCUT2D eigenvalue weighted by molar-refractivity contribution is 6.34. The SMILES string of the molecule is C[C@@H](Nc1ccc(Cl)nc1Cl)C(=O)NC1CCCC1. The van der Waals surface area contributed by atoms with Crippen LogP contribution in [0.1, 0.15) is 32.6 Å². The maximum absolute atomic E-state index is 12.0. The number of nitrogens with one attached hydrogen (secondary N) is 2. The van der Waals surface area contributed by atoms with E-state index in [2.05, 4.69) is 15.6 Å². The first-order chi connectivity index (χ1) is 9.06. The molecule has 1 atom stereocenters. The van der Waals surface area contributed by atoms with Crippen LogP contribution in [0.4, 0.5) is 5.69 Å². The Labute approximate surface area is 122 Å². The summed E-state index contributed by atoms with van der Waals surface area (Å²) in [5.41, 5.74) is 0.611. The van der Waals surface area contributed by atoms with Gasteiger partial charge < -0.3 is 10.6 Å². The van der Waals surface area contributed by atoms with Crippen molar-refractivity contribution in [3.05, 3.63) is 22.4 Å². The Hall–Kier alpha value is -1.00. The number of hydrogen-bond donors (Lipinski definition) is 2. The summed E-state index contributed by atoms with van der Waals surface area (Å²) >= 11 is 11.7. The second-order valence-corrected chi connectivity index (χ2v) is 5.57. The molecule has 1 aromatic rings. The minimum Gasteiger partial charge on any atom is -0.371 e. The fourth-order valence-electron chi connectivity index (χ4n) is 2.21. The van der Waals surface area contributed by atoms with Gasteiger partial charge in [0.05, 0.1) is 5.69 Å². The third kappa shape index (κ3) is 3.98. The summed E-state index contributed by atoms with van der Waals surface area (Å²) in [6, 6.07) is 3.31. The van der Waals surface area contributed by atoms with Crippen LogP contribution in [0.3, 0.4) is 0 Å². The Morgan fingerprint density at radius 2 is 2.05 bits per heavy atom. The number of amides is 1. The van der Waals surface area contributed by atoms with Crippen LogP contribution in [-0.2, 0) is 4.79 Å². The molecule has 19 heavy (non-hydrogen) atoms. The van der Waals surface area contributed by atoms with Gasteiger partial charge in [-0.05, 0) is 31.9 Å². The lowest BCUT2D eigenvalue weighted by Crippen LogP contribution is -2.42. The van der Waals surface area contributed by atoms with Crippen molar-refractivity contribution in [2.45, 2.75) is 44.7 Å². The van der Waals surface area contributed by atoms with E-state index in [1.165, 1.54) is 12.8 Å². The molecule has 1 aliphatic rings. The fourth-order valence-corrected chi connectivity index (χ4v) is 2.61. The van der Waals surface area contributed by atoms with Gasteiger partial charge in [0, 0.05) is 6.04 Å². The fraction of sp³-hybridized carbons (Fsp3) is 0.538. The van der Waals surface area contributed by atoms with Crippen LogP contribution in [0, 0.1) is 0 Å². The first-order valence-electron chi connectivity index (χ1n) is 6.45. The molecule has 1 aromatic heterocycles. The minimum atomic E-state index is -0.360. The zero-order chi connectivity index (χ0) is 13.8. The van der Waals surface area contributed by atoms with E-state index in [1.807, 2.05) is 0 Å². The molecule has 104 valence electrons. The van der Waals surface area contributed by atoms with Crippen molar-refractivity contribution in [3.8, 4) is 0 Å². The van der Waals surface area contributed by atoms with Crippen molar-refractivity contribution >= 4 is 34.8 Å². The van der Waals surface area contributed by atoms with Crippen molar-refractivity contribution in [2.24, 2.45) is 0 Å². The monoisotopic (exact) mass is 301 g/mol. The maximum atomic E-state index is 12.0. The largest absolute Gasteiger partial charge is 0.371 e. The van der Waals surface area contributed by atoms with E-state index in [0.717, 1.165) is 12.8 Å². The number of pyridine rings is 1. The van der Waals surface area contributed by atoms with Crippen LogP contribution in [0.2, 0.25) is 10.3 Å². The zero-order valence-electron chi connectivity index (χ0n) is 10.7. The number of anilines is 1. The van der Waals surface area contributed by atoms with Crippen LogP contribution in [0.25, 0.3) is 0 Å². The van der Waals surface area contributed by atoms with Gasteiger partial charge in [-0.25, -0.2) is 4.98 Å². The number of carbonyl (C=O) groups is 1. The van der Waals surface area contributed by atoms with E-state index in [0.29, 0.717) is 16.9 Å². The molecule has 1 fully saturated rings. The average molecular weight is 302 g/mol. The van der Waals surface area contributed by atoms with Crippen LogP contribution >= 0.6 is 23.2 Å². The van der Waals surface area contributed by atoms with E-state index in [1.54, 1.807) is 19.1 Å². The number of rotatable bonds is 4. The molecular formula is C13H17Cl2N3O. The maximum Gasteiger partial charge on any atom is 0.242 e. The summed E-state index contributed by atoms with van der Waals surface area (Å²) in [6.45, 7) is 1.80. The number of aromatic nitrogens is 1. The van der Waals surface area contributed by atoms with Crippen molar-refractivity contribution in [1.82, 2.24) is 10.3 Å². The van der Waals surface area contributed by atoms with E-state index < -0.39 is 0 Å². The van der Waals surface area contributed by atoms with E-state index in [-0.39, 0.29) is 17.1 Å². The molecule has 0 spiro atoms. The number of nitrogens with zero attached hydrogens (tertiary/aromatic N) is 1. The van der Waals surface area contributed by atoms with Crippen LogP contribution in [0.15, 0.2) is 12.1 Å². The third-order valence-electron chi connectivity index (χ3n) is 3.28. The first-order valence-corrected chi connectivity index (χ1v) is 7.21. The van der Waals surface area contributed by atoms with Gasteiger partial charge in [0.2, 0.25) is 5.91 Å². The van der Waals surface area contributed by atoms with Gasteiger partial charge in [-0.1, -0.05) is 36.0 Å². The standard InChI is InChI=1S/C13H17Cl2N3O/c1-8(13(19)17-9-4-2-3-5-9)16-10-6-7-11(14)18-12(10)15/h6-9,16H,2-5H2,1H3,(H,17,19)/t8-/m1/s1. The molecule has 6 heteroatoms. The van der Waals surface area contributed by atoms with Crippen LogP contribution < -0.4 is 10.6 Å². The molecule has 0 aromatic carbocycles. The number of halogens is 2. The Balaban J connectivity index is 1.92. The number of carbonyl (C=O) groups excluding carboxylic acids is 1. The highest BCUT2D eigenvalue weighted by Gasteiger charge is 2.21. The molecular weight excluding hydrogens is 285 g/mol. The van der Waals surface area contributed by atoms with Gasteiger partial charge in [-0.2, -0.15) is 0 Å². The molecule has 0 radical (unpaired) electrons. The molecule has 1 aliphatic carbocycles. The zero-order valence-corrected chi connectivity index (χ0v) is 12.3. The topological polar surface area (TPSA) is 54.0 Å². The van der Waals surface area contributed by atoms with Gasteiger partial charge >= 0.3 is 0 Å². The summed E-state index contributed by atoms with van der Waals surface area (Å²) in [5, 5.41) is 6.69. The molecule has 0 unspecified atom stereocenters. The second kappa shape index (κ2) is 6.44.